The van der Waals surface area contributed by atoms with Crippen LogP contribution in [-0.2, 0) is 11.2 Å². The van der Waals surface area contributed by atoms with Crippen molar-refractivity contribution in [2.45, 2.75) is 33.2 Å². The van der Waals surface area contributed by atoms with Crippen LogP contribution in [0, 0.1) is 0 Å². The third-order valence-electron chi connectivity index (χ3n) is 3.34. The molecule has 0 atom stereocenters. The third kappa shape index (κ3) is 7.54. The van der Waals surface area contributed by atoms with Crippen molar-refractivity contribution in [3.8, 4) is 5.75 Å². The van der Waals surface area contributed by atoms with Gasteiger partial charge in [0.05, 0.1) is 7.11 Å². The Morgan fingerprint density at radius 1 is 1.26 bits per heavy atom. The van der Waals surface area contributed by atoms with Gasteiger partial charge in [0.2, 0.25) is 5.91 Å². The number of carbonyl (C=O) groups is 2. The zero-order valence-electron chi connectivity index (χ0n) is 14.4. The van der Waals surface area contributed by atoms with E-state index in [1.54, 1.807) is 18.9 Å². The normalized spacial score (nSPS) is 10.3. The lowest BCUT2D eigenvalue weighted by Crippen LogP contribution is -2.44. The van der Waals surface area contributed by atoms with Gasteiger partial charge in [0.25, 0.3) is 0 Å². The second-order valence-corrected chi connectivity index (χ2v) is 5.66. The highest BCUT2D eigenvalue weighted by atomic mass is 16.5. The molecule has 0 bridgehead atoms. The van der Waals surface area contributed by atoms with Gasteiger partial charge in [-0.05, 0) is 38.0 Å². The number of urea groups is 1. The van der Waals surface area contributed by atoms with E-state index in [-0.39, 0.29) is 18.0 Å². The van der Waals surface area contributed by atoms with E-state index in [1.165, 1.54) is 0 Å². The number of amides is 3. The van der Waals surface area contributed by atoms with Gasteiger partial charge in [-0.2, -0.15) is 0 Å². The molecule has 0 saturated heterocycles. The maximum atomic E-state index is 11.7. The minimum atomic E-state index is -0.212. The lowest BCUT2D eigenvalue weighted by Gasteiger charge is -2.21. The molecule has 0 saturated carbocycles. The molecule has 6 nitrogen and oxygen atoms in total. The first kappa shape index (κ1) is 18.8. The quantitative estimate of drug-likeness (QED) is 0.767. The number of nitrogens with one attached hydrogen (secondary N) is 2. The van der Waals surface area contributed by atoms with E-state index in [4.69, 9.17) is 4.74 Å². The van der Waals surface area contributed by atoms with Crippen LogP contribution in [0.4, 0.5) is 4.79 Å². The molecule has 0 heterocycles. The number of carbonyl (C=O) groups excluding carboxylic acids is 2. The molecule has 0 aromatic heterocycles. The number of rotatable bonds is 8. The minimum Gasteiger partial charge on any atom is -0.497 e. The zero-order chi connectivity index (χ0) is 17.2. The van der Waals surface area contributed by atoms with Crippen molar-refractivity contribution in [3.05, 3.63) is 29.8 Å². The molecular weight excluding hydrogens is 294 g/mol. The molecule has 0 spiro atoms. The van der Waals surface area contributed by atoms with E-state index in [9.17, 15) is 9.59 Å². The van der Waals surface area contributed by atoms with Crippen LogP contribution >= 0.6 is 0 Å². The molecule has 1 rings (SSSR count). The molecule has 1 aromatic carbocycles. The van der Waals surface area contributed by atoms with Gasteiger partial charge in [-0.1, -0.05) is 12.1 Å². The molecule has 0 unspecified atom stereocenters. The Hall–Kier alpha value is -2.24. The fourth-order valence-electron chi connectivity index (χ4n) is 2.14. The Kier molecular flexibility index (Phi) is 7.94. The van der Waals surface area contributed by atoms with Crippen LogP contribution in [-0.4, -0.2) is 49.6 Å². The first-order valence-corrected chi connectivity index (χ1v) is 7.85. The predicted molar refractivity (Wildman–Crippen MR) is 90.6 cm³/mol. The molecule has 1 aromatic rings. The summed E-state index contributed by atoms with van der Waals surface area (Å²) in [6.45, 7) is 6.86. The first-order chi connectivity index (χ1) is 10.9. The lowest BCUT2D eigenvalue weighted by molar-refractivity contribution is -0.128. The van der Waals surface area contributed by atoms with Crippen LogP contribution in [0.3, 0.4) is 0 Å². The zero-order valence-corrected chi connectivity index (χ0v) is 14.4. The van der Waals surface area contributed by atoms with Crippen molar-refractivity contribution in [2.75, 3.05) is 26.7 Å². The summed E-state index contributed by atoms with van der Waals surface area (Å²) in [6, 6.07) is 7.68. The molecule has 23 heavy (non-hydrogen) atoms. The largest absolute Gasteiger partial charge is 0.497 e. The Bertz CT molecular complexity index is 518. The summed E-state index contributed by atoms with van der Waals surface area (Å²) in [4.78, 5) is 25.0. The van der Waals surface area contributed by atoms with Gasteiger partial charge in [-0.25, -0.2) is 4.79 Å². The van der Waals surface area contributed by atoms with E-state index in [0.29, 0.717) is 19.6 Å². The van der Waals surface area contributed by atoms with E-state index in [2.05, 4.69) is 10.6 Å². The van der Waals surface area contributed by atoms with E-state index < -0.39 is 0 Å². The maximum Gasteiger partial charge on any atom is 0.315 e. The SMILES string of the molecule is COc1cccc(CCN(CCNC(=O)NC(C)C)C(C)=O)c1. The van der Waals surface area contributed by atoms with Gasteiger partial charge in [-0.3, -0.25) is 4.79 Å². The Morgan fingerprint density at radius 2 is 2.00 bits per heavy atom. The van der Waals surface area contributed by atoms with Crippen LogP contribution in [0.25, 0.3) is 0 Å². The first-order valence-electron chi connectivity index (χ1n) is 7.85. The Balaban J connectivity index is 2.43. The summed E-state index contributed by atoms with van der Waals surface area (Å²) in [6.07, 6.45) is 0.745. The smallest absolute Gasteiger partial charge is 0.315 e. The molecule has 0 aliphatic carbocycles. The summed E-state index contributed by atoms with van der Waals surface area (Å²) in [5.41, 5.74) is 1.11. The second kappa shape index (κ2) is 9.71. The fraction of sp³-hybridized carbons (Fsp3) is 0.529. The molecule has 2 N–H and O–H groups in total. The average molecular weight is 321 g/mol. The molecule has 3 amide bonds. The van der Waals surface area contributed by atoms with Gasteiger partial charge < -0.3 is 20.3 Å². The molecule has 128 valence electrons. The van der Waals surface area contributed by atoms with Crippen LogP contribution in [0.1, 0.15) is 26.3 Å². The number of nitrogens with zero attached hydrogens (tertiary/aromatic N) is 1. The maximum absolute atomic E-state index is 11.7. The van der Waals surface area contributed by atoms with E-state index in [1.807, 2.05) is 38.1 Å². The second-order valence-electron chi connectivity index (χ2n) is 5.66. The molecule has 0 fully saturated rings. The number of hydrogen-bond acceptors (Lipinski definition) is 3. The van der Waals surface area contributed by atoms with Gasteiger partial charge in [0.15, 0.2) is 0 Å². The van der Waals surface area contributed by atoms with Gasteiger partial charge in [0.1, 0.15) is 5.75 Å². The topological polar surface area (TPSA) is 70.7 Å². The van der Waals surface area contributed by atoms with E-state index in [0.717, 1.165) is 17.7 Å². The number of benzene rings is 1. The molecule has 0 aliphatic rings. The Morgan fingerprint density at radius 3 is 2.61 bits per heavy atom. The van der Waals surface area contributed by atoms with Gasteiger partial charge in [0, 0.05) is 32.6 Å². The summed E-state index contributed by atoms with van der Waals surface area (Å²) < 4.78 is 5.20. The van der Waals surface area contributed by atoms with Gasteiger partial charge in [-0.15, -0.1) is 0 Å². The number of ether oxygens (including phenoxy) is 1. The van der Waals surface area contributed by atoms with E-state index >= 15 is 0 Å². The molecule has 0 radical (unpaired) electrons. The lowest BCUT2D eigenvalue weighted by atomic mass is 10.1. The van der Waals surface area contributed by atoms with Crippen LogP contribution in [0.5, 0.6) is 5.75 Å². The molecular formula is C17H27N3O3. The molecule has 6 heteroatoms. The number of methoxy groups -OCH3 is 1. The predicted octanol–water partition coefficient (Wildman–Crippen LogP) is 1.79. The van der Waals surface area contributed by atoms with Crippen LogP contribution in [0.15, 0.2) is 24.3 Å². The van der Waals surface area contributed by atoms with Crippen molar-refractivity contribution in [1.82, 2.24) is 15.5 Å². The fourth-order valence-corrected chi connectivity index (χ4v) is 2.14. The standard InChI is InChI=1S/C17H27N3O3/c1-13(2)19-17(22)18-9-11-20(14(3)21)10-8-15-6-5-7-16(12-15)23-4/h5-7,12-13H,8-11H2,1-4H3,(H2,18,19,22). The van der Waals surface area contributed by atoms with Crippen molar-refractivity contribution < 1.29 is 14.3 Å². The van der Waals surface area contributed by atoms with Crippen LogP contribution in [0.2, 0.25) is 0 Å². The summed E-state index contributed by atoms with van der Waals surface area (Å²) in [5, 5.41) is 5.50. The highest BCUT2D eigenvalue weighted by Crippen LogP contribution is 2.13. The van der Waals surface area contributed by atoms with Gasteiger partial charge >= 0.3 is 6.03 Å². The average Bonchev–Trinajstić information content (AvgIpc) is 2.49. The van der Waals surface area contributed by atoms with Crippen LogP contribution < -0.4 is 15.4 Å². The monoisotopic (exact) mass is 321 g/mol. The van der Waals surface area contributed by atoms with Crippen molar-refractivity contribution >= 4 is 11.9 Å². The van der Waals surface area contributed by atoms with Crippen molar-refractivity contribution in [1.29, 1.82) is 0 Å². The summed E-state index contributed by atoms with van der Waals surface area (Å²) in [5.74, 6) is 0.808. The summed E-state index contributed by atoms with van der Waals surface area (Å²) in [7, 11) is 1.63. The minimum absolute atomic E-state index is 0.000959. The Labute approximate surface area is 138 Å². The highest BCUT2D eigenvalue weighted by Gasteiger charge is 2.10. The summed E-state index contributed by atoms with van der Waals surface area (Å²) >= 11 is 0. The van der Waals surface area contributed by atoms with Crippen molar-refractivity contribution in [2.24, 2.45) is 0 Å². The van der Waals surface area contributed by atoms with Crippen molar-refractivity contribution in [3.63, 3.8) is 0 Å². The third-order valence-corrected chi connectivity index (χ3v) is 3.34. The molecule has 0 aliphatic heterocycles. The highest BCUT2D eigenvalue weighted by molar-refractivity contribution is 5.75. The number of hydrogen-bond donors (Lipinski definition) is 2.